The third-order valence-corrected chi connectivity index (χ3v) is 5.83. The van der Waals surface area contributed by atoms with Crippen molar-refractivity contribution >= 4 is 34.4 Å². The van der Waals surface area contributed by atoms with Crippen LogP contribution in [0.3, 0.4) is 0 Å². The maximum atomic E-state index is 12.5. The Hall–Kier alpha value is -3.29. The first kappa shape index (κ1) is 21.9. The highest BCUT2D eigenvalue weighted by atomic mass is 32.2. The summed E-state index contributed by atoms with van der Waals surface area (Å²) in [5.41, 5.74) is 3.80. The number of thioether (sulfide) groups is 1. The molecule has 0 unspecified atom stereocenters. The summed E-state index contributed by atoms with van der Waals surface area (Å²) in [5.74, 6) is 0.939. The number of para-hydroxylation sites is 2. The molecule has 0 saturated heterocycles. The Bertz CT molecular complexity index is 1160. The molecule has 1 heterocycles. The van der Waals surface area contributed by atoms with E-state index in [9.17, 15) is 4.79 Å². The molecule has 0 bridgehead atoms. The molecule has 7 heteroatoms. The van der Waals surface area contributed by atoms with Gasteiger partial charge in [0.05, 0.1) is 23.4 Å². The number of hydrogen-bond acceptors (Lipinski definition) is 5. The van der Waals surface area contributed by atoms with Crippen LogP contribution in [0, 0.1) is 0 Å². The van der Waals surface area contributed by atoms with Gasteiger partial charge in [0.15, 0.2) is 5.16 Å². The SMILES string of the molecule is COCCn1c(SCC(=O)Nc2ccc(OCc3ccccc3)cc2)nc2ccccc21. The zero-order valence-electron chi connectivity index (χ0n) is 17.9. The zero-order chi connectivity index (χ0) is 22.2. The lowest BCUT2D eigenvalue weighted by molar-refractivity contribution is -0.113. The van der Waals surface area contributed by atoms with Crippen LogP contribution in [-0.4, -0.2) is 34.9 Å². The van der Waals surface area contributed by atoms with Crippen molar-refractivity contribution in [1.29, 1.82) is 0 Å². The van der Waals surface area contributed by atoms with E-state index in [2.05, 4.69) is 14.9 Å². The van der Waals surface area contributed by atoms with Crippen molar-refractivity contribution in [2.75, 3.05) is 24.8 Å². The Kier molecular flexibility index (Phi) is 7.42. The molecule has 164 valence electrons. The number of amides is 1. The fourth-order valence-corrected chi connectivity index (χ4v) is 4.11. The molecule has 0 spiro atoms. The summed E-state index contributed by atoms with van der Waals surface area (Å²) < 4.78 is 13.1. The second-order valence-electron chi connectivity index (χ2n) is 7.16. The number of nitrogens with zero attached hydrogens (tertiary/aromatic N) is 2. The summed E-state index contributed by atoms with van der Waals surface area (Å²) in [4.78, 5) is 17.2. The Morgan fingerprint density at radius 1 is 1.00 bits per heavy atom. The summed E-state index contributed by atoms with van der Waals surface area (Å²) in [6, 6.07) is 25.4. The minimum atomic E-state index is -0.0849. The minimum absolute atomic E-state index is 0.0849. The van der Waals surface area contributed by atoms with Gasteiger partial charge in [0.2, 0.25) is 5.91 Å². The topological polar surface area (TPSA) is 65.4 Å². The molecule has 0 aliphatic heterocycles. The third kappa shape index (κ3) is 5.69. The zero-order valence-corrected chi connectivity index (χ0v) is 18.7. The average molecular weight is 448 g/mol. The maximum Gasteiger partial charge on any atom is 0.234 e. The number of methoxy groups -OCH3 is 1. The summed E-state index contributed by atoms with van der Waals surface area (Å²) in [7, 11) is 1.68. The third-order valence-electron chi connectivity index (χ3n) is 4.86. The quantitative estimate of drug-likeness (QED) is 0.347. The monoisotopic (exact) mass is 447 g/mol. The van der Waals surface area contributed by atoms with Crippen LogP contribution < -0.4 is 10.1 Å². The molecule has 0 atom stereocenters. The predicted molar refractivity (Wildman–Crippen MR) is 128 cm³/mol. The standard InChI is InChI=1S/C25H25N3O3S/c1-30-16-15-28-23-10-6-5-9-22(23)27-25(28)32-18-24(29)26-20-11-13-21(14-12-20)31-17-19-7-3-2-4-8-19/h2-14H,15-18H2,1H3,(H,26,29). The Morgan fingerprint density at radius 2 is 1.75 bits per heavy atom. The number of rotatable bonds is 10. The number of benzene rings is 3. The lowest BCUT2D eigenvalue weighted by Crippen LogP contribution is -2.15. The van der Waals surface area contributed by atoms with Gasteiger partial charge in [0.1, 0.15) is 12.4 Å². The summed E-state index contributed by atoms with van der Waals surface area (Å²) in [6.45, 7) is 1.78. The molecular weight excluding hydrogens is 422 g/mol. The van der Waals surface area contributed by atoms with Gasteiger partial charge in [-0.2, -0.15) is 0 Å². The first-order valence-electron chi connectivity index (χ1n) is 10.4. The Balaban J connectivity index is 1.32. The van der Waals surface area contributed by atoms with Gasteiger partial charge < -0.3 is 19.4 Å². The number of aromatic nitrogens is 2. The molecule has 1 amide bonds. The van der Waals surface area contributed by atoms with Crippen LogP contribution >= 0.6 is 11.8 Å². The van der Waals surface area contributed by atoms with Crippen molar-refractivity contribution in [2.24, 2.45) is 0 Å². The van der Waals surface area contributed by atoms with Gasteiger partial charge in [-0.05, 0) is 42.0 Å². The van der Waals surface area contributed by atoms with E-state index in [1.54, 1.807) is 7.11 Å². The van der Waals surface area contributed by atoms with Gasteiger partial charge in [0.25, 0.3) is 0 Å². The van der Waals surface area contributed by atoms with Crippen molar-refractivity contribution in [3.63, 3.8) is 0 Å². The van der Waals surface area contributed by atoms with Crippen LogP contribution in [0.5, 0.6) is 5.75 Å². The highest BCUT2D eigenvalue weighted by molar-refractivity contribution is 7.99. The van der Waals surface area contributed by atoms with Crippen LogP contribution in [-0.2, 0) is 22.7 Å². The molecule has 1 aromatic heterocycles. The van der Waals surface area contributed by atoms with E-state index in [0.29, 0.717) is 19.8 Å². The fourth-order valence-electron chi connectivity index (χ4n) is 3.26. The molecule has 0 fully saturated rings. The number of ether oxygens (including phenoxy) is 2. The lowest BCUT2D eigenvalue weighted by atomic mass is 10.2. The molecule has 6 nitrogen and oxygen atoms in total. The molecule has 3 aromatic carbocycles. The number of carbonyl (C=O) groups excluding carboxylic acids is 1. The average Bonchev–Trinajstić information content (AvgIpc) is 3.19. The largest absolute Gasteiger partial charge is 0.489 e. The fraction of sp³-hybridized carbons (Fsp3) is 0.200. The van der Waals surface area contributed by atoms with Crippen molar-refractivity contribution in [3.05, 3.63) is 84.4 Å². The van der Waals surface area contributed by atoms with Gasteiger partial charge >= 0.3 is 0 Å². The molecule has 0 saturated carbocycles. The van der Waals surface area contributed by atoms with Crippen LogP contribution in [0.1, 0.15) is 5.56 Å². The van der Waals surface area contributed by atoms with Gasteiger partial charge in [-0.15, -0.1) is 0 Å². The Morgan fingerprint density at radius 3 is 2.53 bits per heavy atom. The van der Waals surface area contributed by atoms with Crippen LogP contribution in [0.15, 0.2) is 84.0 Å². The van der Waals surface area contributed by atoms with E-state index < -0.39 is 0 Å². The highest BCUT2D eigenvalue weighted by Crippen LogP contribution is 2.24. The molecule has 0 radical (unpaired) electrons. The van der Waals surface area contributed by atoms with Gasteiger partial charge in [-0.3, -0.25) is 4.79 Å². The molecule has 4 rings (SSSR count). The van der Waals surface area contributed by atoms with Crippen LogP contribution in [0.2, 0.25) is 0 Å². The molecule has 4 aromatic rings. The summed E-state index contributed by atoms with van der Waals surface area (Å²) in [5, 5.41) is 3.74. The van der Waals surface area contributed by atoms with E-state index in [1.807, 2.05) is 78.9 Å². The summed E-state index contributed by atoms with van der Waals surface area (Å²) in [6.07, 6.45) is 0. The van der Waals surface area contributed by atoms with E-state index in [0.717, 1.165) is 33.2 Å². The first-order valence-corrected chi connectivity index (χ1v) is 11.3. The van der Waals surface area contributed by atoms with Gasteiger partial charge in [0, 0.05) is 19.3 Å². The molecule has 0 aliphatic rings. The number of fused-ring (bicyclic) bond motifs is 1. The Labute approximate surface area is 191 Å². The number of nitrogens with one attached hydrogen (secondary N) is 1. The first-order chi connectivity index (χ1) is 15.7. The van der Waals surface area contributed by atoms with Crippen molar-refractivity contribution in [2.45, 2.75) is 18.3 Å². The van der Waals surface area contributed by atoms with Crippen molar-refractivity contribution in [3.8, 4) is 5.75 Å². The highest BCUT2D eigenvalue weighted by Gasteiger charge is 2.13. The molecular formula is C25H25N3O3S. The maximum absolute atomic E-state index is 12.5. The second kappa shape index (κ2) is 10.8. The predicted octanol–water partition coefficient (Wildman–Crippen LogP) is 4.99. The van der Waals surface area contributed by atoms with Crippen molar-refractivity contribution in [1.82, 2.24) is 9.55 Å². The van der Waals surface area contributed by atoms with Gasteiger partial charge in [-0.1, -0.05) is 54.2 Å². The van der Waals surface area contributed by atoms with E-state index in [-0.39, 0.29) is 11.7 Å². The molecule has 32 heavy (non-hydrogen) atoms. The van der Waals surface area contributed by atoms with Crippen LogP contribution in [0.4, 0.5) is 5.69 Å². The number of anilines is 1. The molecule has 1 N–H and O–H groups in total. The van der Waals surface area contributed by atoms with Crippen molar-refractivity contribution < 1.29 is 14.3 Å². The summed E-state index contributed by atoms with van der Waals surface area (Å²) >= 11 is 1.42. The van der Waals surface area contributed by atoms with E-state index in [4.69, 9.17) is 9.47 Å². The molecule has 0 aliphatic carbocycles. The van der Waals surface area contributed by atoms with Crippen LogP contribution in [0.25, 0.3) is 11.0 Å². The second-order valence-corrected chi connectivity index (χ2v) is 8.11. The lowest BCUT2D eigenvalue weighted by Gasteiger charge is -2.10. The smallest absolute Gasteiger partial charge is 0.234 e. The minimum Gasteiger partial charge on any atom is -0.489 e. The normalized spacial score (nSPS) is 10.9. The number of hydrogen-bond donors (Lipinski definition) is 1. The van der Waals surface area contributed by atoms with E-state index in [1.165, 1.54) is 11.8 Å². The van der Waals surface area contributed by atoms with Gasteiger partial charge in [-0.25, -0.2) is 4.98 Å². The number of carbonyl (C=O) groups is 1. The van der Waals surface area contributed by atoms with E-state index >= 15 is 0 Å². The number of imidazole rings is 1.